The molecule has 0 N–H and O–H groups in total. The lowest BCUT2D eigenvalue weighted by atomic mass is 10.2. The maximum atomic E-state index is 12.9. The largest absolute Gasteiger partial charge is 0.309 e. The maximum Gasteiger partial charge on any atom is 0.237 e. The van der Waals surface area contributed by atoms with Gasteiger partial charge >= 0.3 is 0 Å². The van der Waals surface area contributed by atoms with E-state index < -0.39 is 0 Å². The van der Waals surface area contributed by atoms with Crippen molar-refractivity contribution in [3.63, 3.8) is 0 Å². The van der Waals surface area contributed by atoms with Crippen LogP contribution in [0.2, 0.25) is 0 Å². The Morgan fingerprint density at radius 2 is 1.67 bits per heavy atom. The van der Waals surface area contributed by atoms with Crippen molar-refractivity contribution in [2.75, 3.05) is 10.7 Å². The van der Waals surface area contributed by atoms with E-state index in [2.05, 4.69) is 26.9 Å². The SMILES string of the molecule is Cc1nnc(SCC(=O)N(c2ccccc2)C(C)C)n1Cc1ccccc1. The van der Waals surface area contributed by atoms with Crippen molar-refractivity contribution in [3.8, 4) is 0 Å². The Kier molecular flexibility index (Phi) is 6.29. The van der Waals surface area contributed by atoms with Crippen molar-refractivity contribution in [2.24, 2.45) is 0 Å². The molecule has 0 fully saturated rings. The third-order valence-electron chi connectivity index (χ3n) is 4.23. The van der Waals surface area contributed by atoms with Gasteiger partial charge in [0.1, 0.15) is 5.82 Å². The Hall–Kier alpha value is -2.60. The highest BCUT2D eigenvalue weighted by molar-refractivity contribution is 7.99. The monoisotopic (exact) mass is 380 g/mol. The van der Waals surface area contributed by atoms with E-state index in [0.29, 0.717) is 12.3 Å². The Morgan fingerprint density at radius 3 is 2.30 bits per heavy atom. The number of para-hydroxylation sites is 1. The summed E-state index contributed by atoms with van der Waals surface area (Å²) in [6, 6.07) is 20.1. The van der Waals surface area contributed by atoms with Crippen molar-refractivity contribution in [2.45, 2.75) is 38.5 Å². The fraction of sp³-hybridized carbons (Fsp3) is 0.286. The molecule has 0 spiro atoms. The van der Waals surface area contributed by atoms with Gasteiger partial charge in [-0.1, -0.05) is 60.3 Å². The molecule has 27 heavy (non-hydrogen) atoms. The van der Waals surface area contributed by atoms with E-state index in [9.17, 15) is 4.79 Å². The van der Waals surface area contributed by atoms with Crippen LogP contribution in [0.1, 0.15) is 25.2 Å². The molecular weight excluding hydrogens is 356 g/mol. The zero-order valence-electron chi connectivity index (χ0n) is 15.9. The standard InChI is InChI=1S/C21H24N4OS/c1-16(2)25(19-12-8-5-9-13-19)20(26)15-27-21-23-22-17(3)24(21)14-18-10-6-4-7-11-18/h4-13,16H,14-15H2,1-3H3. The topological polar surface area (TPSA) is 51.0 Å². The van der Waals surface area contributed by atoms with Gasteiger partial charge in [-0.2, -0.15) is 0 Å². The van der Waals surface area contributed by atoms with Crippen LogP contribution in [0.5, 0.6) is 0 Å². The quantitative estimate of drug-likeness (QED) is 0.577. The summed E-state index contributed by atoms with van der Waals surface area (Å²) in [5, 5.41) is 9.23. The third-order valence-corrected chi connectivity index (χ3v) is 5.18. The van der Waals surface area contributed by atoms with Crippen LogP contribution in [-0.4, -0.2) is 32.5 Å². The number of anilines is 1. The lowest BCUT2D eigenvalue weighted by Gasteiger charge is -2.26. The molecule has 0 aliphatic rings. The highest BCUT2D eigenvalue weighted by Crippen LogP contribution is 2.22. The molecule has 0 radical (unpaired) electrons. The molecule has 1 aromatic heterocycles. The number of hydrogen-bond donors (Lipinski definition) is 0. The number of amides is 1. The lowest BCUT2D eigenvalue weighted by molar-refractivity contribution is -0.116. The number of benzene rings is 2. The molecule has 6 heteroatoms. The molecule has 0 aliphatic carbocycles. The predicted molar refractivity (Wildman–Crippen MR) is 110 cm³/mol. The summed E-state index contributed by atoms with van der Waals surface area (Å²) < 4.78 is 2.05. The summed E-state index contributed by atoms with van der Waals surface area (Å²) in [5.41, 5.74) is 2.10. The molecule has 3 aromatic rings. The van der Waals surface area contributed by atoms with E-state index in [0.717, 1.165) is 16.7 Å². The molecule has 1 amide bonds. The zero-order chi connectivity index (χ0) is 19.2. The third kappa shape index (κ3) is 4.77. The van der Waals surface area contributed by atoms with E-state index in [1.807, 2.05) is 74.2 Å². The normalized spacial score (nSPS) is 11.0. The highest BCUT2D eigenvalue weighted by atomic mass is 32.2. The van der Waals surface area contributed by atoms with Crippen LogP contribution in [0.4, 0.5) is 5.69 Å². The summed E-state index contributed by atoms with van der Waals surface area (Å²) in [6.45, 7) is 6.68. The van der Waals surface area contributed by atoms with Gasteiger partial charge in [0.15, 0.2) is 5.16 Å². The first-order valence-corrected chi connectivity index (χ1v) is 9.98. The van der Waals surface area contributed by atoms with Crippen LogP contribution in [-0.2, 0) is 11.3 Å². The van der Waals surface area contributed by atoms with E-state index in [4.69, 9.17) is 0 Å². The summed E-state index contributed by atoms with van der Waals surface area (Å²) in [4.78, 5) is 14.7. The zero-order valence-corrected chi connectivity index (χ0v) is 16.7. The molecule has 3 rings (SSSR count). The Morgan fingerprint density at radius 1 is 1.04 bits per heavy atom. The number of rotatable bonds is 7. The first-order valence-electron chi connectivity index (χ1n) is 9.00. The summed E-state index contributed by atoms with van der Waals surface area (Å²) in [7, 11) is 0. The average molecular weight is 381 g/mol. The molecule has 1 heterocycles. The minimum absolute atomic E-state index is 0.0631. The number of carbonyl (C=O) groups is 1. The van der Waals surface area contributed by atoms with Crippen LogP contribution in [0.3, 0.4) is 0 Å². The number of carbonyl (C=O) groups excluding carboxylic acids is 1. The summed E-state index contributed by atoms with van der Waals surface area (Å²) in [6.07, 6.45) is 0. The van der Waals surface area contributed by atoms with E-state index in [1.54, 1.807) is 0 Å². The van der Waals surface area contributed by atoms with Crippen LogP contribution < -0.4 is 4.90 Å². The minimum atomic E-state index is 0.0631. The fourth-order valence-electron chi connectivity index (χ4n) is 2.93. The van der Waals surface area contributed by atoms with Gasteiger partial charge in [-0.25, -0.2) is 0 Å². The Bertz CT molecular complexity index is 878. The number of hydrogen-bond acceptors (Lipinski definition) is 4. The van der Waals surface area contributed by atoms with Gasteiger partial charge in [0.05, 0.1) is 12.3 Å². The van der Waals surface area contributed by atoms with Crippen molar-refractivity contribution < 1.29 is 4.79 Å². The molecular formula is C21H24N4OS. The van der Waals surface area contributed by atoms with E-state index >= 15 is 0 Å². The molecule has 0 unspecified atom stereocenters. The van der Waals surface area contributed by atoms with Crippen LogP contribution >= 0.6 is 11.8 Å². The van der Waals surface area contributed by atoms with Crippen molar-refractivity contribution in [1.29, 1.82) is 0 Å². The Labute approximate surface area is 164 Å². The van der Waals surface area contributed by atoms with Gasteiger partial charge in [-0.15, -0.1) is 10.2 Å². The van der Waals surface area contributed by atoms with E-state index in [-0.39, 0.29) is 11.9 Å². The number of aryl methyl sites for hydroxylation is 1. The second-order valence-electron chi connectivity index (χ2n) is 6.58. The molecule has 5 nitrogen and oxygen atoms in total. The number of thioether (sulfide) groups is 1. The number of aromatic nitrogens is 3. The molecule has 140 valence electrons. The molecule has 0 bridgehead atoms. The smallest absolute Gasteiger partial charge is 0.237 e. The second-order valence-corrected chi connectivity index (χ2v) is 7.53. The van der Waals surface area contributed by atoms with Crippen LogP contribution in [0.15, 0.2) is 65.8 Å². The second kappa shape index (κ2) is 8.86. The first-order chi connectivity index (χ1) is 13.1. The van der Waals surface area contributed by atoms with Crippen LogP contribution in [0, 0.1) is 6.92 Å². The lowest BCUT2D eigenvalue weighted by Crippen LogP contribution is -2.38. The minimum Gasteiger partial charge on any atom is -0.309 e. The first kappa shape index (κ1) is 19.2. The number of nitrogens with zero attached hydrogens (tertiary/aromatic N) is 4. The van der Waals surface area contributed by atoms with Gasteiger partial charge in [-0.3, -0.25) is 4.79 Å². The van der Waals surface area contributed by atoms with Crippen LogP contribution in [0.25, 0.3) is 0 Å². The molecule has 0 aliphatic heterocycles. The van der Waals surface area contributed by atoms with Gasteiger partial charge in [0, 0.05) is 11.7 Å². The predicted octanol–water partition coefficient (Wildman–Crippen LogP) is 4.17. The van der Waals surface area contributed by atoms with Gasteiger partial charge in [0.25, 0.3) is 0 Å². The summed E-state index contributed by atoms with van der Waals surface area (Å²) in [5.74, 6) is 1.23. The van der Waals surface area contributed by atoms with Gasteiger partial charge in [0.2, 0.25) is 5.91 Å². The fourth-order valence-corrected chi connectivity index (χ4v) is 3.77. The molecule has 0 saturated heterocycles. The van der Waals surface area contributed by atoms with E-state index in [1.165, 1.54) is 17.3 Å². The Balaban J connectivity index is 1.72. The van der Waals surface area contributed by atoms with Gasteiger partial charge in [-0.05, 0) is 38.5 Å². The average Bonchev–Trinajstić information content (AvgIpc) is 3.01. The van der Waals surface area contributed by atoms with Gasteiger partial charge < -0.3 is 9.47 Å². The summed E-state index contributed by atoms with van der Waals surface area (Å²) >= 11 is 1.43. The molecule has 0 atom stereocenters. The van der Waals surface area contributed by atoms with Crippen molar-refractivity contribution in [1.82, 2.24) is 14.8 Å². The van der Waals surface area contributed by atoms with Crippen molar-refractivity contribution >= 4 is 23.4 Å². The molecule has 0 saturated carbocycles. The highest BCUT2D eigenvalue weighted by Gasteiger charge is 2.20. The molecule has 2 aromatic carbocycles. The maximum absolute atomic E-state index is 12.9. The van der Waals surface area contributed by atoms with Crippen molar-refractivity contribution in [3.05, 3.63) is 72.1 Å².